The van der Waals surface area contributed by atoms with E-state index in [9.17, 15) is 14.0 Å². The van der Waals surface area contributed by atoms with Crippen molar-refractivity contribution >= 4 is 33.5 Å². The lowest BCUT2D eigenvalue weighted by molar-refractivity contribution is -0.136. The van der Waals surface area contributed by atoms with E-state index in [0.29, 0.717) is 36.3 Å². The van der Waals surface area contributed by atoms with E-state index >= 15 is 0 Å². The molecule has 38 heavy (non-hydrogen) atoms. The van der Waals surface area contributed by atoms with Gasteiger partial charge in [0.2, 0.25) is 0 Å². The van der Waals surface area contributed by atoms with Gasteiger partial charge in [-0.2, -0.15) is 0 Å². The van der Waals surface area contributed by atoms with Crippen LogP contribution < -0.4 is 10.1 Å². The molecule has 1 saturated heterocycles. The maximum Gasteiger partial charge on any atom is 0.336 e. The van der Waals surface area contributed by atoms with E-state index in [1.165, 1.54) is 19.2 Å². The van der Waals surface area contributed by atoms with E-state index in [1.807, 2.05) is 54.6 Å². The van der Waals surface area contributed by atoms with Crippen molar-refractivity contribution in [2.75, 3.05) is 7.11 Å². The number of benzene rings is 3. The van der Waals surface area contributed by atoms with Crippen LogP contribution in [-0.4, -0.2) is 36.1 Å². The molecule has 2 bridgehead atoms. The molecule has 2 aliphatic rings. The summed E-state index contributed by atoms with van der Waals surface area (Å²) in [6.45, 7) is 0.615. The van der Waals surface area contributed by atoms with Gasteiger partial charge in [0, 0.05) is 28.7 Å². The monoisotopic (exact) mass is 578 g/mol. The average molecular weight is 579 g/mol. The van der Waals surface area contributed by atoms with Crippen molar-refractivity contribution in [3.05, 3.63) is 105 Å². The van der Waals surface area contributed by atoms with Gasteiger partial charge in [0.1, 0.15) is 18.2 Å². The Hall–Kier alpha value is -3.65. The molecule has 6 nitrogen and oxygen atoms in total. The Morgan fingerprint density at radius 1 is 1.05 bits per heavy atom. The molecule has 196 valence electrons. The lowest BCUT2D eigenvalue weighted by Crippen LogP contribution is -2.50. The quantitative estimate of drug-likeness (QED) is 0.337. The molecule has 2 aliphatic heterocycles. The molecule has 1 fully saturated rings. The smallest absolute Gasteiger partial charge is 0.336 e. The molecular formula is C30H28BrFN2O4. The number of carbonyl (C=O) groups excluding carboxylic acids is 2. The van der Waals surface area contributed by atoms with Gasteiger partial charge in [0.25, 0.3) is 0 Å². The maximum atomic E-state index is 14.3. The second-order valence-electron chi connectivity index (χ2n) is 9.41. The molecule has 2 atom stereocenters. The Morgan fingerprint density at radius 3 is 2.58 bits per heavy atom. The molecule has 1 N–H and O–H groups in total. The van der Waals surface area contributed by atoms with Crippen molar-refractivity contribution in [2.45, 2.75) is 44.5 Å². The van der Waals surface area contributed by atoms with Gasteiger partial charge in [-0.05, 0) is 54.2 Å². The molecule has 3 aromatic carbocycles. The highest BCUT2D eigenvalue weighted by Crippen LogP contribution is 2.45. The summed E-state index contributed by atoms with van der Waals surface area (Å²) in [6, 6.07) is 20.9. The minimum Gasteiger partial charge on any atom is -0.488 e. The number of amides is 2. The number of ether oxygens (including phenoxy) is 2. The first kappa shape index (κ1) is 26.0. The molecule has 2 amide bonds. The number of esters is 1. The van der Waals surface area contributed by atoms with Crippen molar-refractivity contribution in [1.29, 1.82) is 0 Å². The van der Waals surface area contributed by atoms with E-state index in [1.54, 1.807) is 11.0 Å². The molecule has 0 aromatic heterocycles. The minimum atomic E-state index is -0.493. The van der Waals surface area contributed by atoms with Crippen LogP contribution in [0.4, 0.5) is 9.18 Å². The fraction of sp³-hybridized carbons (Fsp3) is 0.267. The van der Waals surface area contributed by atoms with Gasteiger partial charge in [-0.15, -0.1) is 0 Å². The number of methoxy groups -OCH3 is 1. The van der Waals surface area contributed by atoms with Crippen molar-refractivity contribution in [3.8, 4) is 5.75 Å². The first-order chi connectivity index (χ1) is 18.5. The summed E-state index contributed by atoms with van der Waals surface area (Å²) in [5.41, 5.74) is 3.71. The summed E-state index contributed by atoms with van der Waals surface area (Å²) in [7, 11) is 1.34. The molecule has 3 aromatic rings. The molecule has 0 unspecified atom stereocenters. The zero-order valence-electron chi connectivity index (χ0n) is 21.0. The third kappa shape index (κ3) is 5.31. The highest BCUT2D eigenvalue weighted by atomic mass is 79.9. The van der Waals surface area contributed by atoms with E-state index in [2.05, 4.69) is 21.2 Å². The van der Waals surface area contributed by atoms with Crippen LogP contribution in [0.2, 0.25) is 0 Å². The van der Waals surface area contributed by atoms with Gasteiger partial charge in [-0.25, -0.2) is 14.0 Å². The normalized spacial score (nSPS) is 18.3. The Morgan fingerprint density at radius 2 is 1.82 bits per heavy atom. The maximum absolute atomic E-state index is 14.3. The molecule has 0 aliphatic carbocycles. The standard InChI is InChI=1S/C30H28BrFN2O4/c1-37-29(35)28-24(23-13-11-21(32)15-27(23)38-18-19-7-3-2-4-8-19)16-22-12-14-26(28)34(22)30(36)33-17-20-9-5-6-10-25(20)31/h2-11,13,15,22,26H,12,14,16-18H2,1H3,(H,33,36)/t22-,26+/m0/s1. The predicted molar refractivity (Wildman–Crippen MR) is 146 cm³/mol. The highest BCUT2D eigenvalue weighted by molar-refractivity contribution is 9.10. The predicted octanol–water partition coefficient (Wildman–Crippen LogP) is 6.24. The van der Waals surface area contributed by atoms with Gasteiger partial charge in [0.15, 0.2) is 0 Å². The minimum absolute atomic E-state index is 0.102. The third-order valence-corrected chi connectivity index (χ3v) is 7.91. The van der Waals surface area contributed by atoms with Gasteiger partial charge in [0.05, 0.1) is 18.7 Å². The van der Waals surface area contributed by atoms with Crippen molar-refractivity contribution in [3.63, 3.8) is 0 Å². The average Bonchev–Trinajstić information content (AvgIpc) is 3.25. The lowest BCUT2D eigenvalue weighted by Gasteiger charge is -2.37. The number of urea groups is 1. The Labute approximate surface area is 229 Å². The number of halogens is 2. The molecule has 0 radical (unpaired) electrons. The fourth-order valence-corrected chi connectivity index (χ4v) is 5.77. The summed E-state index contributed by atoms with van der Waals surface area (Å²) in [6.07, 6.45) is 1.83. The van der Waals surface area contributed by atoms with Crippen LogP contribution in [0.1, 0.15) is 36.0 Å². The number of hydrogen-bond acceptors (Lipinski definition) is 4. The fourth-order valence-electron chi connectivity index (χ4n) is 5.35. The van der Waals surface area contributed by atoms with Crippen LogP contribution in [0, 0.1) is 5.82 Å². The number of carbonyl (C=O) groups is 2. The van der Waals surface area contributed by atoms with Gasteiger partial charge in [-0.3, -0.25) is 0 Å². The SMILES string of the molecule is COC(=O)C1=C(c2ccc(F)cc2OCc2ccccc2)C[C@@H]2CC[C@H]1N2C(=O)NCc1ccccc1Br. The first-order valence-electron chi connectivity index (χ1n) is 12.5. The van der Waals surface area contributed by atoms with E-state index in [0.717, 1.165) is 27.6 Å². The molecule has 0 spiro atoms. The summed E-state index contributed by atoms with van der Waals surface area (Å²) in [5.74, 6) is -0.562. The largest absolute Gasteiger partial charge is 0.488 e. The van der Waals surface area contributed by atoms with Crippen molar-refractivity contribution in [1.82, 2.24) is 10.2 Å². The second-order valence-corrected chi connectivity index (χ2v) is 10.3. The number of nitrogens with zero attached hydrogens (tertiary/aromatic N) is 1. The van der Waals surface area contributed by atoms with Crippen LogP contribution in [0.5, 0.6) is 5.75 Å². The molecular weight excluding hydrogens is 551 g/mol. The number of nitrogens with one attached hydrogen (secondary N) is 1. The van der Waals surface area contributed by atoms with E-state index in [-0.39, 0.29) is 18.7 Å². The summed E-state index contributed by atoms with van der Waals surface area (Å²) < 4.78 is 26.5. The van der Waals surface area contributed by atoms with Gasteiger partial charge < -0.3 is 19.7 Å². The highest BCUT2D eigenvalue weighted by Gasteiger charge is 2.47. The summed E-state index contributed by atoms with van der Waals surface area (Å²) in [4.78, 5) is 28.3. The number of hydrogen-bond donors (Lipinski definition) is 1. The van der Waals surface area contributed by atoms with Crippen molar-refractivity contribution < 1.29 is 23.5 Å². The Kier molecular flexibility index (Phi) is 7.79. The Balaban J connectivity index is 1.45. The van der Waals surface area contributed by atoms with Crippen molar-refractivity contribution in [2.24, 2.45) is 0 Å². The molecule has 8 heteroatoms. The molecule has 0 saturated carbocycles. The van der Waals surface area contributed by atoms with Crippen LogP contribution in [0.15, 0.2) is 82.8 Å². The zero-order chi connectivity index (χ0) is 26.6. The van der Waals surface area contributed by atoms with Crippen LogP contribution in [0.3, 0.4) is 0 Å². The molecule has 2 heterocycles. The topological polar surface area (TPSA) is 67.9 Å². The number of rotatable bonds is 7. The lowest BCUT2D eigenvalue weighted by atomic mass is 9.88. The van der Waals surface area contributed by atoms with Crippen LogP contribution in [-0.2, 0) is 22.7 Å². The number of fused-ring (bicyclic) bond motifs is 2. The molecule has 5 rings (SSSR count). The van der Waals surface area contributed by atoms with Crippen LogP contribution in [0.25, 0.3) is 5.57 Å². The van der Waals surface area contributed by atoms with Gasteiger partial charge >= 0.3 is 12.0 Å². The van der Waals surface area contributed by atoms with E-state index in [4.69, 9.17) is 9.47 Å². The second kappa shape index (κ2) is 11.4. The third-order valence-electron chi connectivity index (χ3n) is 7.13. The zero-order valence-corrected chi connectivity index (χ0v) is 22.5. The van der Waals surface area contributed by atoms with Crippen LogP contribution >= 0.6 is 15.9 Å². The Bertz CT molecular complexity index is 1380. The van der Waals surface area contributed by atoms with E-state index < -0.39 is 17.8 Å². The first-order valence-corrected chi connectivity index (χ1v) is 13.3. The summed E-state index contributed by atoms with van der Waals surface area (Å²) in [5, 5.41) is 3.01. The summed E-state index contributed by atoms with van der Waals surface area (Å²) >= 11 is 3.52. The van der Waals surface area contributed by atoms with Gasteiger partial charge in [-0.1, -0.05) is 64.5 Å².